The van der Waals surface area contributed by atoms with E-state index in [9.17, 15) is 9.59 Å². The quantitative estimate of drug-likeness (QED) is 0.632. The van der Waals surface area contributed by atoms with Crippen LogP contribution in [0, 0.1) is 0 Å². The molecule has 0 heterocycles. The molecule has 1 atom stereocenters. The van der Waals surface area contributed by atoms with E-state index in [2.05, 4.69) is 0 Å². The first-order valence-corrected chi connectivity index (χ1v) is 4.93. The van der Waals surface area contributed by atoms with Gasteiger partial charge in [-0.15, -0.1) is 11.6 Å². The molecule has 0 aliphatic heterocycles. The summed E-state index contributed by atoms with van der Waals surface area (Å²) in [6.07, 6.45) is -0.0368. The molecule has 0 aromatic heterocycles. The van der Waals surface area contributed by atoms with Crippen molar-refractivity contribution in [1.82, 2.24) is 0 Å². The van der Waals surface area contributed by atoms with Crippen LogP contribution in [0.15, 0.2) is 24.3 Å². The number of carbonyl (C=O) groups is 2. The van der Waals surface area contributed by atoms with Crippen LogP contribution >= 0.6 is 11.6 Å². The number of alkyl halides is 1. The largest absolute Gasteiger partial charge is 0.481 e. The van der Waals surface area contributed by atoms with Crippen molar-refractivity contribution in [2.75, 3.05) is 0 Å². The number of ketones is 1. The lowest BCUT2D eigenvalue weighted by Gasteiger charge is -2.03. The van der Waals surface area contributed by atoms with Crippen LogP contribution in [0.2, 0.25) is 0 Å². The molecule has 4 heteroatoms. The van der Waals surface area contributed by atoms with Crippen LogP contribution in [0.5, 0.6) is 0 Å². The molecule has 0 saturated carbocycles. The van der Waals surface area contributed by atoms with Crippen molar-refractivity contribution in [2.24, 2.45) is 0 Å². The second kappa shape index (κ2) is 4.94. The lowest BCUT2D eigenvalue weighted by molar-refractivity contribution is -0.136. The number of hydrogen-bond acceptors (Lipinski definition) is 2. The van der Waals surface area contributed by atoms with Crippen LogP contribution in [-0.2, 0) is 11.2 Å². The molecule has 3 nitrogen and oxygen atoms in total. The molecule has 15 heavy (non-hydrogen) atoms. The first kappa shape index (κ1) is 11.7. The van der Waals surface area contributed by atoms with Gasteiger partial charge in [0.25, 0.3) is 0 Å². The van der Waals surface area contributed by atoms with Crippen molar-refractivity contribution < 1.29 is 14.7 Å². The first-order valence-electron chi connectivity index (χ1n) is 4.49. The Kier molecular flexibility index (Phi) is 3.86. The zero-order valence-corrected chi connectivity index (χ0v) is 8.99. The van der Waals surface area contributed by atoms with Crippen molar-refractivity contribution in [3.05, 3.63) is 35.4 Å². The number of benzene rings is 1. The summed E-state index contributed by atoms with van der Waals surface area (Å²) in [4.78, 5) is 21.8. The van der Waals surface area contributed by atoms with E-state index >= 15 is 0 Å². The average Bonchev–Trinajstić information content (AvgIpc) is 2.17. The van der Waals surface area contributed by atoms with E-state index < -0.39 is 11.3 Å². The van der Waals surface area contributed by atoms with E-state index in [0.717, 1.165) is 0 Å². The van der Waals surface area contributed by atoms with Gasteiger partial charge in [-0.2, -0.15) is 0 Å². The van der Waals surface area contributed by atoms with Gasteiger partial charge in [-0.3, -0.25) is 9.59 Å². The minimum Gasteiger partial charge on any atom is -0.481 e. The van der Waals surface area contributed by atoms with Crippen LogP contribution in [-0.4, -0.2) is 22.2 Å². The summed E-state index contributed by atoms with van der Waals surface area (Å²) in [5.74, 6) is -1.04. The van der Waals surface area contributed by atoms with Crippen LogP contribution in [0.3, 0.4) is 0 Å². The summed E-state index contributed by atoms with van der Waals surface area (Å²) >= 11 is 5.64. The number of carbonyl (C=O) groups excluding carboxylic acids is 1. The number of aliphatic carboxylic acids is 1. The molecular weight excluding hydrogens is 216 g/mol. The van der Waals surface area contributed by atoms with E-state index in [1.54, 1.807) is 31.2 Å². The summed E-state index contributed by atoms with van der Waals surface area (Å²) < 4.78 is 0. The molecule has 1 aromatic carbocycles. The summed E-state index contributed by atoms with van der Waals surface area (Å²) in [6, 6.07) is 6.44. The number of rotatable bonds is 4. The monoisotopic (exact) mass is 226 g/mol. The van der Waals surface area contributed by atoms with Crippen LogP contribution < -0.4 is 0 Å². The Bertz CT molecular complexity index is 368. The van der Waals surface area contributed by atoms with Crippen LogP contribution in [0.1, 0.15) is 22.8 Å². The lowest BCUT2D eigenvalue weighted by atomic mass is 10.1. The fraction of sp³-hybridized carbons (Fsp3) is 0.273. The zero-order chi connectivity index (χ0) is 11.4. The van der Waals surface area contributed by atoms with Gasteiger partial charge in [0.05, 0.1) is 11.8 Å². The highest BCUT2D eigenvalue weighted by Crippen LogP contribution is 2.10. The number of carboxylic acids is 1. The van der Waals surface area contributed by atoms with Gasteiger partial charge < -0.3 is 5.11 Å². The van der Waals surface area contributed by atoms with Crippen LogP contribution in [0.4, 0.5) is 0 Å². The molecule has 0 aliphatic rings. The molecule has 0 bridgehead atoms. The minimum atomic E-state index is -0.889. The van der Waals surface area contributed by atoms with Crippen molar-refractivity contribution >= 4 is 23.4 Å². The van der Waals surface area contributed by atoms with E-state index in [0.29, 0.717) is 11.1 Å². The standard InChI is InChI=1S/C11H11ClO3/c1-7(12)11(15)9-4-2-8(3-5-9)6-10(13)14/h2-5,7H,6H2,1H3,(H,13,14)/t7-/m0/s1. The van der Waals surface area contributed by atoms with Gasteiger partial charge in [0.1, 0.15) is 0 Å². The Morgan fingerprint density at radius 3 is 2.27 bits per heavy atom. The Morgan fingerprint density at radius 2 is 1.87 bits per heavy atom. The van der Waals surface area contributed by atoms with Gasteiger partial charge >= 0.3 is 5.97 Å². The molecule has 0 saturated heterocycles. The first-order chi connectivity index (χ1) is 7.00. The fourth-order valence-corrected chi connectivity index (χ4v) is 1.32. The van der Waals surface area contributed by atoms with Crippen molar-refractivity contribution in [2.45, 2.75) is 18.7 Å². The predicted molar refractivity (Wildman–Crippen MR) is 57.4 cm³/mol. The molecule has 0 radical (unpaired) electrons. The number of hydrogen-bond donors (Lipinski definition) is 1. The van der Waals surface area contributed by atoms with Crippen molar-refractivity contribution in [3.8, 4) is 0 Å². The summed E-state index contributed by atoms with van der Waals surface area (Å²) in [6.45, 7) is 1.61. The smallest absolute Gasteiger partial charge is 0.307 e. The number of Topliss-reactive ketones (excluding diaryl/α,β-unsaturated/α-hetero) is 1. The minimum absolute atomic E-state index is 0.0368. The highest BCUT2D eigenvalue weighted by Gasteiger charge is 2.11. The van der Waals surface area contributed by atoms with Gasteiger partial charge in [0.15, 0.2) is 5.78 Å². The molecule has 80 valence electrons. The lowest BCUT2D eigenvalue weighted by Crippen LogP contribution is -2.10. The Balaban J connectivity index is 2.81. The summed E-state index contributed by atoms with van der Waals surface area (Å²) in [7, 11) is 0. The van der Waals surface area contributed by atoms with Gasteiger partial charge in [-0.05, 0) is 12.5 Å². The highest BCUT2D eigenvalue weighted by molar-refractivity contribution is 6.33. The highest BCUT2D eigenvalue weighted by atomic mass is 35.5. The third kappa shape index (κ3) is 3.36. The van der Waals surface area contributed by atoms with E-state index in [-0.39, 0.29) is 12.2 Å². The fourth-order valence-electron chi connectivity index (χ4n) is 1.19. The van der Waals surface area contributed by atoms with E-state index in [1.807, 2.05) is 0 Å². The van der Waals surface area contributed by atoms with Gasteiger partial charge in [-0.1, -0.05) is 24.3 Å². The molecule has 1 rings (SSSR count). The number of halogens is 1. The molecular formula is C11H11ClO3. The Labute approximate surface area is 92.7 Å². The van der Waals surface area contributed by atoms with Crippen molar-refractivity contribution in [3.63, 3.8) is 0 Å². The molecule has 1 N–H and O–H groups in total. The second-order valence-electron chi connectivity index (χ2n) is 3.25. The maximum absolute atomic E-state index is 11.4. The third-order valence-corrected chi connectivity index (χ3v) is 2.15. The molecule has 0 aliphatic carbocycles. The summed E-state index contributed by atoms with van der Waals surface area (Å²) in [5.41, 5.74) is 1.17. The van der Waals surface area contributed by atoms with Crippen molar-refractivity contribution in [1.29, 1.82) is 0 Å². The maximum Gasteiger partial charge on any atom is 0.307 e. The molecule has 0 fully saturated rings. The topological polar surface area (TPSA) is 54.4 Å². The Morgan fingerprint density at radius 1 is 1.33 bits per heavy atom. The molecule has 0 amide bonds. The van der Waals surface area contributed by atoms with Gasteiger partial charge in [0, 0.05) is 5.56 Å². The summed E-state index contributed by atoms with van der Waals surface area (Å²) in [5, 5.41) is 7.99. The van der Waals surface area contributed by atoms with Gasteiger partial charge in [0.2, 0.25) is 0 Å². The van der Waals surface area contributed by atoms with E-state index in [4.69, 9.17) is 16.7 Å². The maximum atomic E-state index is 11.4. The molecule has 0 spiro atoms. The zero-order valence-electron chi connectivity index (χ0n) is 8.24. The van der Waals surface area contributed by atoms with Crippen LogP contribution in [0.25, 0.3) is 0 Å². The Hall–Kier alpha value is -1.35. The number of carboxylic acid groups (broad SMARTS) is 1. The van der Waals surface area contributed by atoms with E-state index in [1.165, 1.54) is 0 Å². The predicted octanol–water partition coefficient (Wildman–Crippen LogP) is 2.12. The SMILES string of the molecule is C[C@H](Cl)C(=O)c1ccc(CC(=O)O)cc1. The normalized spacial score (nSPS) is 12.1. The molecule has 1 aromatic rings. The molecule has 0 unspecified atom stereocenters. The van der Waals surface area contributed by atoms with Gasteiger partial charge in [-0.25, -0.2) is 0 Å². The average molecular weight is 227 g/mol. The third-order valence-electron chi connectivity index (χ3n) is 1.96. The second-order valence-corrected chi connectivity index (χ2v) is 3.90.